The molecular weight excluding hydrogens is 685 g/mol. The summed E-state index contributed by atoms with van der Waals surface area (Å²) in [6, 6.07) is 0. The molecule has 0 bridgehead atoms. The molecule has 2 saturated heterocycles. The number of imidazole rings is 2. The third kappa shape index (κ3) is 6.10. The van der Waals surface area contributed by atoms with E-state index in [2.05, 4.69) is 54.4 Å². The molecule has 10 atom stereocenters. The first-order valence-corrected chi connectivity index (χ1v) is 18.1. The summed E-state index contributed by atoms with van der Waals surface area (Å²) in [4.78, 5) is 34.5. The Hall–Kier alpha value is -2.69. The third-order valence-corrected chi connectivity index (χ3v) is 9.44. The van der Waals surface area contributed by atoms with Gasteiger partial charge in [-0.1, -0.05) is 24.5 Å². The molecule has 2 fully saturated rings. The van der Waals surface area contributed by atoms with Gasteiger partial charge in [-0.3, -0.25) is 32.5 Å². The molecule has 45 heavy (non-hydrogen) atoms. The second kappa shape index (κ2) is 12.5. The highest BCUT2D eigenvalue weighted by molar-refractivity contribution is 8.44. The molecule has 2 aliphatic heterocycles. The van der Waals surface area contributed by atoms with Crippen molar-refractivity contribution in [1.82, 2.24) is 39.0 Å². The molecule has 6 unspecified atom stereocenters. The second-order valence-corrected chi connectivity index (χ2v) is 14.5. The molecule has 0 saturated carbocycles. The van der Waals surface area contributed by atoms with E-state index in [1.54, 1.807) is 0 Å². The van der Waals surface area contributed by atoms with Gasteiger partial charge in [-0.2, -0.15) is 4.98 Å². The first kappa shape index (κ1) is 32.3. The number of rotatable bonds is 10. The van der Waals surface area contributed by atoms with Crippen LogP contribution in [-0.2, 0) is 32.2 Å². The number of anilines is 2. The van der Waals surface area contributed by atoms with Gasteiger partial charge in [-0.25, -0.2) is 28.9 Å². The van der Waals surface area contributed by atoms with Crippen molar-refractivity contribution in [2.45, 2.75) is 49.1 Å². The van der Waals surface area contributed by atoms with E-state index in [4.69, 9.17) is 34.5 Å². The van der Waals surface area contributed by atoms with Crippen molar-refractivity contribution in [1.29, 1.82) is 0 Å². The fourth-order valence-electron chi connectivity index (χ4n) is 5.05. The van der Waals surface area contributed by atoms with E-state index in [-0.39, 0.29) is 34.1 Å². The highest BCUT2D eigenvalue weighted by atomic mass is 32.7. The van der Waals surface area contributed by atoms with E-state index >= 15 is 4.39 Å². The maximum absolute atomic E-state index is 15.7. The number of nitrogens with one attached hydrogen (secondary N) is 1. The Bertz CT molecular complexity index is 1870. The monoisotopic (exact) mass is 710 g/mol. The molecule has 4 aromatic heterocycles. The molecule has 0 spiro atoms. The van der Waals surface area contributed by atoms with Gasteiger partial charge < -0.3 is 35.7 Å². The molecule has 6 rings (SSSR count). The quantitative estimate of drug-likeness (QED) is 0.0825. The third-order valence-electron chi connectivity index (χ3n) is 7.04. The van der Waals surface area contributed by atoms with Gasteiger partial charge in [0, 0.05) is 0 Å². The molecule has 2 aliphatic rings. The number of aromatic nitrogens is 8. The molecule has 0 amide bonds. The summed E-state index contributed by atoms with van der Waals surface area (Å²) >= 11 is 7.75. The van der Waals surface area contributed by atoms with Crippen LogP contribution in [0.15, 0.2) is 23.8 Å². The fraction of sp³-hybridized carbons (Fsp3) is 0.500. The first-order valence-electron chi connectivity index (χ1n) is 12.8. The lowest BCUT2D eigenvalue weighted by Crippen LogP contribution is -2.35. The Kier molecular flexibility index (Phi) is 8.95. The number of fused-ring (bicyclic) bond motifs is 2. The molecule has 7 N–H and O–H groups in total. The lowest BCUT2D eigenvalue weighted by molar-refractivity contribution is -0.0524. The zero-order chi connectivity index (χ0) is 32.2. The summed E-state index contributed by atoms with van der Waals surface area (Å²) < 4.78 is 71.1. The van der Waals surface area contributed by atoms with Gasteiger partial charge in [0.2, 0.25) is 13.2 Å². The lowest BCUT2D eigenvalue weighted by Gasteiger charge is -2.26. The Labute approximate surface area is 261 Å². The van der Waals surface area contributed by atoms with E-state index < -0.39 is 81.9 Å². The summed E-state index contributed by atoms with van der Waals surface area (Å²) in [6.07, 6.45) is -8.42. The number of aliphatic hydroxyl groups is 2. The molecule has 6 heterocycles. The predicted molar refractivity (Wildman–Crippen MR) is 158 cm³/mol. The van der Waals surface area contributed by atoms with Crippen LogP contribution in [0.5, 0.6) is 0 Å². The van der Waals surface area contributed by atoms with E-state index in [1.807, 2.05) is 0 Å². The number of nitrogens with two attached hydrogens (primary N) is 2. The number of aromatic amines is 1. The molecule has 0 aromatic carbocycles. The van der Waals surface area contributed by atoms with Crippen molar-refractivity contribution < 1.29 is 46.8 Å². The number of ether oxygens (including phenoxy) is 2. The molecule has 25 heteroatoms. The van der Waals surface area contributed by atoms with Crippen LogP contribution >= 0.6 is 38.5 Å². The second-order valence-electron chi connectivity index (χ2n) is 9.79. The van der Waals surface area contributed by atoms with Crippen LogP contribution in [0.25, 0.3) is 22.3 Å². The maximum Gasteiger partial charge on any atom is 0.386 e. The van der Waals surface area contributed by atoms with E-state index in [0.29, 0.717) is 0 Å². The van der Waals surface area contributed by atoms with Crippen molar-refractivity contribution in [3.05, 3.63) is 29.3 Å². The largest absolute Gasteiger partial charge is 0.394 e. The minimum Gasteiger partial charge on any atom is -0.394 e. The van der Waals surface area contributed by atoms with Gasteiger partial charge >= 0.3 is 6.80 Å². The average Bonchev–Trinajstić information content (AvgIpc) is 3.73. The number of alkyl halides is 1. The first-order chi connectivity index (χ1) is 21.4. The van der Waals surface area contributed by atoms with Crippen molar-refractivity contribution in [2.75, 3.05) is 24.7 Å². The zero-order valence-electron chi connectivity index (χ0n) is 22.4. The fourth-order valence-corrected chi connectivity index (χ4v) is 7.39. The van der Waals surface area contributed by atoms with Gasteiger partial charge in [0.15, 0.2) is 41.3 Å². The SMILES string of the molecule is Nc1nc2c(ncn2[C@@H]2O[C@H](CO)C(O)C2OP(=O)(S)OC[C@H]2O[C@@H](n3cnc4c(N)ncnc43)C(F)C2O[PH](=O)S)c(=O)[nH]1. The van der Waals surface area contributed by atoms with Crippen molar-refractivity contribution in [3.63, 3.8) is 0 Å². The van der Waals surface area contributed by atoms with Crippen molar-refractivity contribution in [3.8, 4) is 0 Å². The topological polar surface area (TPSA) is 280 Å². The van der Waals surface area contributed by atoms with Gasteiger partial charge in [0.25, 0.3) is 5.56 Å². The highest BCUT2D eigenvalue weighted by Crippen LogP contribution is 2.57. The molecule has 4 aromatic rings. The number of halogens is 1. The minimum absolute atomic E-state index is 0.0444. The molecule has 0 radical (unpaired) electrons. The summed E-state index contributed by atoms with van der Waals surface area (Å²) in [5.74, 6) is -0.198. The van der Waals surface area contributed by atoms with Crippen LogP contribution in [0.1, 0.15) is 12.5 Å². The van der Waals surface area contributed by atoms with Crippen molar-refractivity contribution >= 4 is 72.6 Å². The number of thiol groups is 2. The minimum atomic E-state index is -4.47. The van der Waals surface area contributed by atoms with Crippen LogP contribution in [0.2, 0.25) is 0 Å². The summed E-state index contributed by atoms with van der Waals surface area (Å²) in [6.45, 7) is -5.81. The Morgan fingerprint density at radius 2 is 1.78 bits per heavy atom. The van der Waals surface area contributed by atoms with E-state index in [1.165, 1.54) is 15.5 Å². The summed E-state index contributed by atoms with van der Waals surface area (Å²) in [7, 11) is -3.01. The van der Waals surface area contributed by atoms with Crippen LogP contribution in [0, 0.1) is 0 Å². The predicted octanol–water partition coefficient (Wildman–Crippen LogP) is -0.246. The van der Waals surface area contributed by atoms with E-state index in [9.17, 15) is 24.1 Å². The smallest absolute Gasteiger partial charge is 0.386 e. The number of H-pyrrole nitrogens is 1. The van der Waals surface area contributed by atoms with Crippen LogP contribution < -0.4 is 17.0 Å². The molecule has 244 valence electrons. The van der Waals surface area contributed by atoms with Crippen LogP contribution in [-0.4, -0.2) is 99.2 Å². The Morgan fingerprint density at radius 1 is 1.09 bits per heavy atom. The van der Waals surface area contributed by atoms with Gasteiger partial charge in [0.1, 0.15) is 42.4 Å². The van der Waals surface area contributed by atoms with Gasteiger partial charge in [-0.15, -0.1) is 0 Å². The van der Waals surface area contributed by atoms with Gasteiger partial charge in [0.05, 0.1) is 25.9 Å². The van der Waals surface area contributed by atoms with E-state index in [0.717, 1.165) is 12.7 Å². The summed E-state index contributed by atoms with van der Waals surface area (Å²) in [5.41, 5.74) is 11.0. The number of hydrogen-bond acceptors (Lipinski definition) is 17. The number of nitrogens with zero attached hydrogens (tertiary/aromatic N) is 7. The van der Waals surface area contributed by atoms with Crippen LogP contribution in [0.4, 0.5) is 16.2 Å². The number of hydrogen-bond donors (Lipinski definition) is 7. The van der Waals surface area contributed by atoms with Crippen LogP contribution in [0.3, 0.4) is 0 Å². The maximum atomic E-state index is 15.7. The number of nitrogen functional groups attached to an aromatic ring is 2. The number of aliphatic hydroxyl groups excluding tert-OH is 2. The Morgan fingerprint density at radius 3 is 2.49 bits per heavy atom. The summed E-state index contributed by atoms with van der Waals surface area (Å²) in [5, 5.41) is 20.6. The van der Waals surface area contributed by atoms with Crippen molar-refractivity contribution in [2.24, 2.45) is 0 Å². The molecule has 0 aliphatic carbocycles. The molecule has 20 nitrogen and oxygen atoms in total. The lowest BCUT2D eigenvalue weighted by atomic mass is 10.1. The molecular formula is C20H25FN10O10P2S2. The van der Waals surface area contributed by atoms with Gasteiger partial charge in [-0.05, 0) is 0 Å². The normalized spacial score (nSPS) is 30.7. The standard InChI is InChI=1S/C20H25FN10O10P2S2/c21-8-12(40-42(35)44)7(39-18(8)30-4-26-9-14(22)24-3-25-15(9)30)2-37-43(36,45)41-13-11(33)6(1-32)38-19(13)31-5-27-10-16(31)28-20(23)29-17(10)34/h3-8,11-13,18-19,32-33,42H,1-2H2,(H,35,44)(H,36,45)(H2,22,24,25)(H3,23,28,29,34)/t6-,7-,8?,11?,12?,13?,18-,19-,43?/m1/s1. The average molecular weight is 711 g/mol. The Balaban J connectivity index is 1.22. The zero-order valence-corrected chi connectivity index (χ0v) is 26.1. The highest BCUT2D eigenvalue weighted by Gasteiger charge is 2.51.